The van der Waals surface area contributed by atoms with Crippen molar-refractivity contribution in [2.24, 2.45) is 0 Å². The third kappa shape index (κ3) is 3.02. The van der Waals surface area contributed by atoms with Crippen molar-refractivity contribution in [3.05, 3.63) is 71.0 Å². The lowest BCUT2D eigenvalue weighted by atomic mass is 10.1. The van der Waals surface area contributed by atoms with E-state index in [1.165, 1.54) is 18.2 Å². The molecule has 1 aliphatic carbocycles. The van der Waals surface area contributed by atoms with Gasteiger partial charge in [0.15, 0.2) is 0 Å². The van der Waals surface area contributed by atoms with Crippen molar-refractivity contribution in [1.82, 2.24) is 5.32 Å². The van der Waals surface area contributed by atoms with Gasteiger partial charge in [-0.3, -0.25) is 4.79 Å². The number of hydrogen-bond donors (Lipinski definition) is 1. The molecule has 1 fully saturated rings. The molecule has 2 atom stereocenters. The second-order valence-electron chi connectivity index (χ2n) is 6.59. The Hall–Kier alpha value is -2.69. The highest BCUT2D eigenvalue weighted by Crippen LogP contribution is 2.43. The van der Waals surface area contributed by atoms with Gasteiger partial charge in [-0.15, -0.1) is 0 Å². The van der Waals surface area contributed by atoms with E-state index < -0.39 is 11.6 Å². The maximum Gasteiger partial charge on any atom is 0.224 e. The minimum Gasteiger partial charge on any atom is -0.464 e. The van der Waals surface area contributed by atoms with E-state index in [-0.39, 0.29) is 29.9 Å². The van der Waals surface area contributed by atoms with Crippen LogP contribution in [0.15, 0.2) is 47.1 Å². The molecule has 3 aromatic rings. The van der Waals surface area contributed by atoms with E-state index in [4.69, 9.17) is 4.42 Å². The van der Waals surface area contributed by atoms with Crippen LogP contribution in [0.5, 0.6) is 0 Å². The summed E-state index contributed by atoms with van der Waals surface area (Å²) in [4.78, 5) is 12.3. The number of carbonyl (C=O) groups is 1. The molecule has 0 radical (unpaired) electrons. The van der Waals surface area contributed by atoms with E-state index in [0.29, 0.717) is 6.42 Å². The zero-order chi connectivity index (χ0) is 17.6. The van der Waals surface area contributed by atoms with Crippen molar-refractivity contribution < 1.29 is 18.0 Å². The Morgan fingerprint density at radius 3 is 2.76 bits per heavy atom. The summed E-state index contributed by atoms with van der Waals surface area (Å²) in [7, 11) is 0. The molecule has 1 amide bonds. The van der Waals surface area contributed by atoms with Gasteiger partial charge in [0.2, 0.25) is 5.91 Å². The SMILES string of the molecule is Cc1ccc2c(CC(=O)NC3CC3c3c(F)cccc3F)coc2c1. The van der Waals surface area contributed by atoms with Crippen molar-refractivity contribution in [3.63, 3.8) is 0 Å². The number of carbonyl (C=O) groups excluding carboxylic acids is 1. The van der Waals surface area contributed by atoms with Crippen molar-refractivity contribution in [3.8, 4) is 0 Å². The van der Waals surface area contributed by atoms with E-state index in [9.17, 15) is 13.6 Å². The second-order valence-corrected chi connectivity index (χ2v) is 6.59. The van der Waals surface area contributed by atoms with E-state index in [2.05, 4.69) is 5.32 Å². The number of hydrogen-bond acceptors (Lipinski definition) is 2. The maximum atomic E-state index is 13.8. The summed E-state index contributed by atoms with van der Waals surface area (Å²) < 4.78 is 33.1. The molecule has 1 N–H and O–H groups in total. The highest BCUT2D eigenvalue weighted by molar-refractivity contribution is 5.88. The summed E-state index contributed by atoms with van der Waals surface area (Å²) >= 11 is 0. The predicted molar refractivity (Wildman–Crippen MR) is 90.3 cm³/mol. The van der Waals surface area contributed by atoms with Crippen molar-refractivity contribution >= 4 is 16.9 Å². The number of fused-ring (bicyclic) bond motifs is 1. The number of nitrogens with one attached hydrogen (secondary N) is 1. The lowest BCUT2D eigenvalue weighted by Gasteiger charge is -2.06. The second kappa shape index (κ2) is 5.99. The molecule has 0 aliphatic heterocycles. The quantitative estimate of drug-likeness (QED) is 0.771. The van der Waals surface area contributed by atoms with E-state index in [0.717, 1.165) is 22.1 Å². The first-order chi connectivity index (χ1) is 12.0. The number of halogens is 2. The first-order valence-corrected chi connectivity index (χ1v) is 8.23. The van der Waals surface area contributed by atoms with Crippen LogP contribution in [0.3, 0.4) is 0 Å². The van der Waals surface area contributed by atoms with Crippen molar-refractivity contribution in [2.45, 2.75) is 31.7 Å². The first kappa shape index (κ1) is 15.8. The van der Waals surface area contributed by atoms with Gasteiger partial charge in [0.25, 0.3) is 0 Å². The molecule has 0 spiro atoms. The van der Waals surface area contributed by atoms with Crippen LogP contribution in [-0.2, 0) is 11.2 Å². The number of aryl methyl sites for hydroxylation is 1. The van der Waals surface area contributed by atoms with Gasteiger partial charge in [0.05, 0.1) is 12.7 Å². The number of amides is 1. The minimum absolute atomic E-state index is 0.0667. The molecule has 0 saturated heterocycles. The largest absolute Gasteiger partial charge is 0.464 e. The lowest BCUT2D eigenvalue weighted by Crippen LogP contribution is -2.28. The molecule has 2 unspecified atom stereocenters. The minimum atomic E-state index is -0.557. The Morgan fingerprint density at radius 1 is 1.24 bits per heavy atom. The van der Waals surface area contributed by atoms with Gasteiger partial charge in [-0.25, -0.2) is 8.78 Å². The molecule has 1 aliphatic rings. The average molecular weight is 341 g/mol. The highest BCUT2D eigenvalue weighted by atomic mass is 19.1. The van der Waals surface area contributed by atoms with Gasteiger partial charge in [-0.1, -0.05) is 18.2 Å². The van der Waals surface area contributed by atoms with Crippen LogP contribution in [-0.4, -0.2) is 11.9 Å². The molecule has 3 nitrogen and oxygen atoms in total. The van der Waals surface area contributed by atoms with E-state index >= 15 is 0 Å². The fraction of sp³-hybridized carbons (Fsp3) is 0.250. The zero-order valence-electron chi connectivity index (χ0n) is 13.7. The van der Waals surface area contributed by atoms with Crippen LogP contribution in [0.1, 0.15) is 29.0 Å². The van der Waals surface area contributed by atoms with E-state index in [1.807, 2.05) is 25.1 Å². The fourth-order valence-electron chi connectivity index (χ4n) is 3.30. The molecular weight excluding hydrogens is 324 g/mol. The van der Waals surface area contributed by atoms with Gasteiger partial charge >= 0.3 is 0 Å². The number of rotatable bonds is 4. The highest BCUT2D eigenvalue weighted by Gasteiger charge is 2.42. The normalized spacial score (nSPS) is 19.2. The number of benzene rings is 2. The monoisotopic (exact) mass is 341 g/mol. The molecule has 5 heteroatoms. The zero-order valence-corrected chi connectivity index (χ0v) is 13.7. The smallest absolute Gasteiger partial charge is 0.224 e. The van der Waals surface area contributed by atoms with Gasteiger partial charge in [-0.05, 0) is 37.1 Å². The Labute approximate surface area is 143 Å². The van der Waals surface area contributed by atoms with E-state index in [1.54, 1.807) is 6.26 Å². The molecule has 1 heterocycles. The third-order valence-corrected chi connectivity index (χ3v) is 4.67. The maximum absolute atomic E-state index is 13.8. The Bertz CT molecular complexity index is 943. The van der Waals surface area contributed by atoms with Gasteiger partial charge in [0.1, 0.15) is 17.2 Å². The van der Waals surface area contributed by atoms with Gasteiger partial charge in [-0.2, -0.15) is 0 Å². The summed E-state index contributed by atoms with van der Waals surface area (Å²) in [5.74, 6) is -1.59. The van der Waals surface area contributed by atoms with Gasteiger partial charge < -0.3 is 9.73 Å². The molecule has 1 saturated carbocycles. The lowest BCUT2D eigenvalue weighted by molar-refractivity contribution is -0.120. The predicted octanol–water partition coefficient (Wildman–Crippen LogP) is 4.23. The Morgan fingerprint density at radius 2 is 2.00 bits per heavy atom. The van der Waals surface area contributed by atoms with Crippen LogP contribution in [0.2, 0.25) is 0 Å². The summed E-state index contributed by atoms with van der Waals surface area (Å²) in [6, 6.07) is 9.44. The average Bonchev–Trinajstić information content (AvgIpc) is 3.18. The molecule has 25 heavy (non-hydrogen) atoms. The van der Waals surface area contributed by atoms with Crippen LogP contribution in [0, 0.1) is 18.6 Å². The van der Waals surface area contributed by atoms with Crippen LogP contribution in [0.25, 0.3) is 11.0 Å². The molecule has 2 aromatic carbocycles. The van der Waals surface area contributed by atoms with Crippen LogP contribution in [0.4, 0.5) is 8.78 Å². The standard InChI is InChI=1S/C20H17F2NO2/c1-11-5-6-13-12(10-25-18(13)7-11)8-19(24)23-17-9-14(17)20-15(21)3-2-4-16(20)22/h2-7,10,14,17H,8-9H2,1H3,(H,23,24). The Balaban J connectivity index is 1.43. The van der Waals surface area contributed by atoms with Crippen molar-refractivity contribution in [2.75, 3.05) is 0 Å². The number of furan rings is 1. The molecular formula is C20H17F2NO2. The first-order valence-electron chi connectivity index (χ1n) is 8.23. The Kier molecular flexibility index (Phi) is 3.79. The summed E-state index contributed by atoms with van der Waals surface area (Å²) in [5, 5.41) is 3.77. The third-order valence-electron chi connectivity index (χ3n) is 4.67. The van der Waals surface area contributed by atoms with Crippen LogP contribution < -0.4 is 5.32 Å². The summed E-state index contributed by atoms with van der Waals surface area (Å²) in [5.41, 5.74) is 2.71. The molecule has 128 valence electrons. The fourth-order valence-corrected chi connectivity index (χ4v) is 3.30. The summed E-state index contributed by atoms with van der Waals surface area (Å²) in [6.45, 7) is 1.98. The molecule has 1 aromatic heterocycles. The van der Waals surface area contributed by atoms with Gasteiger partial charge in [0, 0.05) is 28.5 Å². The topological polar surface area (TPSA) is 42.2 Å². The molecule has 0 bridgehead atoms. The summed E-state index contributed by atoms with van der Waals surface area (Å²) in [6.07, 6.45) is 2.32. The molecule has 4 rings (SSSR count). The van der Waals surface area contributed by atoms with Crippen LogP contribution >= 0.6 is 0 Å². The van der Waals surface area contributed by atoms with Crippen molar-refractivity contribution in [1.29, 1.82) is 0 Å².